The van der Waals surface area contributed by atoms with Gasteiger partial charge in [0.15, 0.2) is 5.96 Å². The summed E-state index contributed by atoms with van der Waals surface area (Å²) in [7, 11) is 3.99. The number of hydrogen-bond acceptors (Lipinski definition) is 6. The molecule has 0 saturated carbocycles. The molecule has 0 spiro atoms. The van der Waals surface area contributed by atoms with Gasteiger partial charge in [-0.2, -0.15) is 0 Å². The Labute approximate surface area is 177 Å². The predicted octanol–water partition coefficient (Wildman–Crippen LogP) is 2.34. The van der Waals surface area contributed by atoms with Gasteiger partial charge in [-0.05, 0) is 30.5 Å². The van der Waals surface area contributed by atoms with Gasteiger partial charge in [-0.15, -0.1) is 11.3 Å². The number of pyridine rings is 1. The average Bonchev–Trinajstić information content (AvgIpc) is 3.27. The second-order valence-electron chi connectivity index (χ2n) is 7.14. The molecule has 2 N–H and O–H groups in total. The summed E-state index contributed by atoms with van der Waals surface area (Å²) in [6, 6.07) is 10.7. The number of ether oxygens (including phenoxy) is 1. The lowest BCUT2D eigenvalue weighted by Crippen LogP contribution is -2.46. The molecule has 7 nitrogen and oxygen atoms in total. The van der Waals surface area contributed by atoms with E-state index in [1.807, 2.05) is 37.2 Å². The molecule has 0 amide bonds. The van der Waals surface area contributed by atoms with Gasteiger partial charge in [0.1, 0.15) is 5.82 Å². The van der Waals surface area contributed by atoms with E-state index in [-0.39, 0.29) is 0 Å². The van der Waals surface area contributed by atoms with Gasteiger partial charge in [0.05, 0.1) is 31.5 Å². The molecule has 3 heterocycles. The summed E-state index contributed by atoms with van der Waals surface area (Å²) in [4.78, 5) is 15.3. The van der Waals surface area contributed by atoms with Crippen molar-refractivity contribution in [1.82, 2.24) is 20.5 Å². The Morgan fingerprint density at radius 2 is 2.07 bits per heavy atom. The first-order valence-corrected chi connectivity index (χ1v) is 11.1. The van der Waals surface area contributed by atoms with E-state index < -0.39 is 0 Å². The van der Waals surface area contributed by atoms with Crippen LogP contribution < -0.4 is 15.5 Å². The molecule has 0 aliphatic carbocycles. The van der Waals surface area contributed by atoms with Crippen LogP contribution in [0.2, 0.25) is 0 Å². The topological polar surface area (TPSA) is 65.0 Å². The molecular formula is C21H32N6OS. The summed E-state index contributed by atoms with van der Waals surface area (Å²) >= 11 is 1.81. The maximum absolute atomic E-state index is 5.54. The van der Waals surface area contributed by atoms with Gasteiger partial charge in [0.25, 0.3) is 0 Å². The molecule has 0 bridgehead atoms. The summed E-state index contributed by atoms with van der Waals surface area (Å²) in [5.41, 5.74) is 0.955. The van der Waals surface area contributed by atoms with Gasteiger partial charge >= 0.3 is 0 Å². The number of anilines is 1. The van der Waals surface area contributed by atoms with Crippen LogP contribution in [0, 0.1) is 0 Å². The lowest BCUT2D eigenvalue weighted by molar-refractivity contribution is 0.0177. The molecule has 0 aromatic carbocycles. The number of morpholine rings is 1. The third kappa shape index (κ3) is 6.42. The third-order valence-electron chi connectivity index (χ3n) is 4.81. The van der Waals surface area contributed by atoms with Crippen molar-refractivity contribution in [3.63, 3.8) is 0 Å². The highest BCUT2D eigenvalue weighted by atomic mass is 32.1. The molecule has 158 valence electrons. The van der Waals surface area contributed by atoms with Crippen LogP contribution in [-0.2, 0) is 11.3 Å². The van der Waals surface area contributed by atoms with E-state index in [1.165, 1.54) is 4.88 Å². The van der Waals surface area contributed by atoms with E-state index in [2.05, 4.69) is 45.0 Å². The molecule has 8 heteroatoms. The van der Waals surface area contributed by atoms with E-state index in [1.54, 1.807) is 11.3 Å². The van der Waals surface area contributed by atoms with E-state index >= 15 is 0 Å². The Hall–Kier alpha value is -2.16. The zero-order valence-electron chi connectivity index (χ0n) is 17.6. The highest BCUT2D eigenvalue weighted by Gasteiger charge is 2.23. The van der Waals surface area contributed by atoms with Crippen LogP contribution in [0.4, 0.5) is 5.82 Å². The molecular weight excluding hydrogens is 384 g/mol. The van der Waals surface area contributed by atoms with Crippen molar-refractivity contribution in [2.45, 2.75) is 19.5 Å². The summed E-state index contributed by atoms with van der Waals surface area (Å²) in [6.45, 7) is 7.75. The molecule has 1 unspecified atom stereocenters. The van der Waals surface area contributed by atoms with E-state index in [0.29, 0.717) is 12.6 Å². The van der Waals surface area contributed by atoms with Crippen molar-refractivity contribution in [3.8, 4) is 0 Å². The standard InChI is InChI=1S/C21H32N6OS/c1-4-22-21(23-15-17-7-5-9-20(25-17)26(2)3)24-16-18(19-8-6-14-29-19)27-10-12-28-13-11-27/h5-9,14,18H,4,10-13,15-16H2,1-3H3,(H2,22,23,24). The largest absolute Gasteiger partial charge is 0.379 e. The van der Waals surface area contributed by atoms with Gasteiger partial charge in [-0.1, -0.05) is 12.1 Å². The summed E-state index contributed by atoms with van der Waals surface area (Å²) in [5, 5.41) is 9.04. The molecule has 3 rings (SSSR count). The van der Waals surface area contributed by atoms with Crippen LogP contribution >= 0.6 is 11.3 Å². The quantitative estimate of drug-likeness (QED) is 0.509. The summed E-state index contributed by atoms with van der Waals surface area (Å²) in [6.07, 6.45) is 0. The first-order chi connectivity index (χ1) is 14.2. The molecule has 2 aromatic rings. The van der Waals surface area contributed by atoms with Crippen molar-refractivity contribution >= 4 is 23.1 Å². The zero-order chi connectivity index (χ0) is 20.5. The fraction of sp³-hybridized carbons (Fsp3) is 0.524. The fourth-order valence-corrected chi connectivity index (χ4v) is 4.14. The lowest BCUT2D eigenvalue weighted by Gasteiger charge is -2.34. The van der Waals surface area contributed by atoms with Gasteiger partial charge in [0.2, 0.25) is 0 Å². The van der Waals surface area contributed by atoms with Crippen molar-refractivity contribution < 1.29 is 4.74 Å². The SMILES string of the molecule is CCNC(=NCc1cccc(N(C)C)n1)NCC(c1cccs1)N1CCOCC1. The number of guanidine groups is 1. The van der Waals surface area contributed by atoms with Crippen LogP contribution in [0.3, 0.4) is 0 Å². The molecule has 1 aliphatic heterocycles. The number of aromatic nitrogens is 1. The summed E-state index contributed by atoms with van der Waals surface area (Å²) < 4.78 is 5.54. The van der Waals surface area contributed by atoms with Crippen LogP contribution in [0.1, 0.15) is 23.5 Å². The Bertz CT molecular complexity index is 758. The minimum atomic E-state index is 0.318. The van der Waals surface area contributed by atoms with Crippen LogP contribution in [0.15, 0.2) is 40.7 Å². The molecule has 1 saturated heterocycles. The van der Waals surface area contributed by atoms with Crippen molar-refractivity contribution in [3.05, 3.63) is 46.3 Å². The fourth-order valence-electron chi connectivity index (χ4n) is 3.28. The lowest BCUT2D eigenvalue weighted by atomic mass is 10.2. The normalized spacial score (nSPS) is 16.4. The maximum atomic E-state index is 5.54. The highest BCUT2D eigenvalue weighted by Crippen LogP contribution is 2.25. The minimum Gasteiger partial charge on any atom is -0.379 e. The van der Waals surface area contributed by atoms with E-state index in [4.69, 9.17) is 9.73 Å². The molecule has 2 aromatic heterocycles. The molecule has 0 radical (unpaired) electrons. The number of thiophene rings is 1. The van der Waals surface area contributed by atoms with Crippen molar-refractivity contribution in [2.75, 3.05) is 58.4 Å². The predicted molar refractivity (Wildman–Crippen MR) is 121 cm³/mol. The van der Waals surface area contributed by atoms with E-state index in [9.17, 15) is 0 Å². The first-order valence-electron chi connectivity index (χ1n) is 10.2. The molecule has 1 atom stereocenters. The van der Waals surface area contributed by atoms with Gasteiger partial charge in [-0.3, -0.25) is 4.90 Å². The Balaban J connectivity index is 1.66. The molecule has 29 heavy (non-hydrogen) atoms. The molecule has 1 aliphatic rings. The van der Waals surface area contributed by atoms with Crippen LogP contribution in [-0.4, -0.2) is 69.3 Å². The number of hydrogen-bond donors (Lipinski definition) is 2. The third-order valence-corrected chi connectivity index (χ3v) is 5.79. The molecule has 1 fully saturated rings. The smallest absolute Gasteiger partial charge is 0.191 e. The van der Waals surface area contributed by atoms with E-state index in [0.717, 1.165) is 56.9 Å². The number of rotatable bonds is 8. The number of aliphatic imine (C=N–C) groups is 1. The summed E-state index contributed by atoms with van der Waals surface area (Å²) in [5.74, 6) is 1.76. The van der Waals surface area contributed by atoms with Crippen LogP contribution in [0.5, 0.6) is 0 Å². The van der Waals surface area contributed by atoms with Gasteiger partial charge in [0, 0.05) is 45.2 Å². The Kier molecular flexibility index (Phi) is 8.27. The van der Waals surface area contributed by atoms with Gasteiger partial charge < -0.3 is 20.3 Å². The maximum Gasteiger partial charge on any atom is 0.191 e. The zero-order valence-corrected chi connectivity index (χ0v) is 18.4. The van der Waals surface area contributed by atoms with Gasteiger partial charge in [-0.25, -0.2) is 9.98 Å². The Morgan fingerprint density at radius 3 is 2.76 bits per heavy atom. The monoisotopic (exact) mass is 416 g/mol. The first kappa shape index (κ1) is 21.5. The van der Waals surface area contributed by atoms with Crippen molar-refractivity contribution in [1.29, 1.82) is 0 Å². The second-order valence-corrected chi connectivity index (χ2v) is 8.12. The van der Waals surface area contributed by atoms with Crippen molar-refractivity contribution in [2.24, 2.45) is 4.99 Å². The Morgan fingerprint density at radius 1 is 1.24 bits per heavy atom. The highest BCUT2D eigenvalue weighted by molar-refractivity contribution is 7.10. The average molecular weight is 417 g/mol. The minimum absolute atomic E-state index is 0.318. The second kappa shape index (κ2) is 11.1. The number of nitrogens with zero attached hydrogens (tertiary/aromatic N) is 4. The number of nitrogens with one attached hydrogen (secondary N) is 2. The van der Waals surface area contributed by atoms with Crippen LogP contribution in [0.25, 0.3) is 0 Å².